The van der Waals surface area contributed by atoms with Crippen molar-refractivity contribution in [1.82, 2.24) is 25.7 Å². The molecule has 0 saturated heterocycles. The second-order valence-corrected chi connectivity index (χ2v) is 7.47. The van der Waals surface area contributed by atoms with Gasteiger partial charge in [-0.1, -0.05) is 30.3 Å². The summed E-state index contributed by atoms with van der Waals surface area (Å²) in [6, 6.07) is 16.1. The van der Waals surface area contributed by atoms with Gasteiger partial charge in [-0.05, 0) is 49.2 Å². The molecule has 32 heavy (non-hydrogen) atoms. The third-order valence-corrected chi connectivity index (χ3v) is 4.92. The van der Waals surface area contributed by atoms with E-state index in [2.05, 4.69) is 38.2 Å². The fourth-order valence-corrected chi connectivity index (χ4v) is 3.37. The number of benzene rings is 2. The SMILES string of the molecule is CN=C(NCCNC(=O)Cc1ccc(F)cc1)NCc1ccccc1-n1nc(C)cc1C. The highest BCUT2D eigenvalue weighted by Crippen LogP contribution is 2.16. The normalized spacial score (nSPS) is 11.3. The number of aliphatic imine (C=N–C) groups is 1. The van der Waals surface area contributed by atoms with E-state index in [1.54, 1.807) is 19.2 Å². The zero-order valence-corrected chi connectivity index (χ0v) is 18.7. The predicted molar refractivity (Wildman–Crippen MR) is 124 cm³/mol. The van der Waals surface area contributed by atoms with Gasteiger partial charge in [0.05, 0.1) is 17.8 Å². The van der Waals surface area contributed by atoms with Crippen molar-refractivity contribution in [3.63, 3.8) is 0 Å². The number of guanidine groups is 1. The summed E-state index contributed by atoms with van der Waals surface area (Å²) in [6.07, 6.45) is 0.219. The van der Waals surface area contributed by atoms with E-state index >= 15 is 0 Å². The smallest absolute Gasteiger partial charge is 0.224 e. The minimum atomic E-state index is -0.310. The molecule has 0 unspecified atom stereocenters. The van der Waals surface area contributed by atoms with Gasteiger partial charge in [-0.2, -0.15) is 5.10 Å². The van der Waals surface area contributed by atoms with Gasteiger partial charge in [0, 0.05) is 32.4 Å². The molecule has 1 heterocycles. The van der Waals surface area contributed by atoms with E-state index in [0.717, 1.165) is 28.2 Å². The predicted octanol–water partition coefficient (Wildman–Crippen LogP) is 2.65. The standard InChI is InChI=1S/C24H29FN6O/c1-17-14-18(2)31(30-17)22-7-5-4-6-20(22)16-29-24(26-3)28-13-12-27-23(32)15-19-8-10-21(25)11-9-19/h4-11,14H,12-13,15-16H2,1-3H3,(H,27,32)(H2,26,28,29). The van der Waals surface area contributed by atoms with Gasteiger partial charge in [0.15, 0.2) is 5.96 Å². The molecule has 0 bridgehead atoms. The molecular weight excluding hydrogens is 407 g/mol. The highest BCUT2D eigenvalue weighted by Gasteiger charge is 2.09. The van der Waals surface area contributed by atoms with E-state index in [0.29, 0.717) is 25.6 Å². The molecule has 1 aromatic heterocycles. The molecule has 168 valence electrons. The summed E-state index contributed by atoms with van der Waals surface area (Å²) in [5.41, 5.74) is 4.94. The first-order chi connectivity index (χ1) is 15.5. The lowest BCUT2D eigenvalue weighted by molar-refractivity contribution is -0.120. The van der Waals surface area contributed by atoms with Gasteiger partial charge in [0.1, 0.15) is 5.82 Å². The average molecular weight is 437 g/mol. The first-order valence-electron chi connectivity index (χ1n) is 10.5. The van der Waals surface area contributed by atoms with Crippen LogP contribution in [0, 0.1) is 19.7 Å². The second-order valence-electron chi connectivity index (χ2n) is 7.47. The Morgan fingerprint density at radius 2 is 1.75 bits per heavy atom. The Hall–Kier alpha value is -3.68. The maximum Gasteiger partial charge on any atom is 0.224 e. The Morgan fingerprint density at radius 1 is 1.03 bits per heavy atom. The number of para-hydroxylation sites is 1. The molecule has 3 rings (SSSR count). The maximum absolute atomic E-state index is 12.9. The zero-order valence-electron chi connectivity index (χ0n) is 18.7. The van der Waals surface area contributed by atoms with Crippen LogP contribution in [0.15, 0.2) is 59.6 Å². The van der Waals surface area contributed by atoms with Crippen LogP contribution in [0.25, 0.3) is 5.69 Å². The van der Waals surface area contributed by atoms with Gasteiger partial charge in [0.25, 0.3) is 0 Å². The summed E-state index contributed by atoms with van der Waals surface area (Å²) in [4.78, 5) is 16.3. The third-order valence-electron chi connectivity index (χ3n) is 4.92. The fourth-order valence-electron chi connectivity index (χ4n) is 3.37. The summed E-state index contributed by atoms with van der Waals surface area (Å²) in [7, 11) is 1.70. The number of aromatic nitrogens is 2. The van der Waals surface area contributed by atoms with Gasteiger partial charge in [-0.3, -0.25) is 9.79 Å². The lowest BCUT2D eigenvalue weighted by Crippen LogP contribution is -2.41. The largest absolute Gasteiger partial charge is 0.355 e. The lowest BCUT2D eigenvalue weighted by Gasteiger charge is -2.15. The van der Waals surface area contributed by atoms with Crippen molar-refractivity contribution in [2.24, 2.45) is 4.99 Å². The summed E-state index contributed by atoms with van der Waals surface area (Å²) >= 11 is 0. The summed E-state index contributed by atoms with van der Waals surface area (Å²) in [5, 5.41) is 13.9. The minimum absolute atomic E-state index is 0.111. The third kappa shape index (κ3) is 6.41. The molecule has 7 nitrogen and oxygen atoms in total. The monoisotopic (exact) mass is 436 g/mol. The van der Waals surface area contributed by atoms with Gasteiger partial charge in [-0.15, -0.1) is 0 Å². The second kappa shape index (κ2) is 11.1. The van der Waals surface area contributed by atoms with Crippen LogP contribution >= 0.6 is 0 Å². The first kappa shape index (κ1) is 23.0. The van der Waals surface area contributed by atoms with Gasteiger partial charge < -0.3 is 16.0 Å². The minimum Gasteiger partial charge on any atom is -0.355 e. The number of carbonyl (C=O) groups is 1. The molecule has 0 aliphatic carbocycles. The summed E-state index contributed by atoms with van der Waals surface area (Å²) in [5.74, 6) is 0.218. The Kier molecular flexibility index (Phi) is 7.96. The molecule has 8 heteroatoms. The quantitative estimate of drug-likeness (QED) is 0.288. The van der Waals surface area contributed by atoms with Gasteiger partial charge in [0.2, 0.25) is 5.91 Å². The number of hydrogen-bond donors (Lipinski definition) is 3. The Balaban J connectivity index is 1.46. The van der Waals surface area contributed by atoms with Crippen molar-refractivity contribution in [3.05, 3.63) is 82.9 Å². The average Bonchev–Trinajstić information content (AvgIpc) is 3.12. The van der Waals surface area contributed by atoms with Crippen LogP contribution in [-0.2, 0) is 17.8 Å². The van der Waals surface area contributed by atoms with Crippen LogP contribution in [0.3, 0.4) is 0 Å². The highest BCUT2D eigenvalue weighted by molar-refractivity contribution is 5.80. The molecule has 0 fully saturated rings. The number of aryl methyl sites for hydroxylation is 2. The van der Waals surface area contributed by atoms with Crippen molar-refractivity contribution in [1.29, 1.82) is 0 Å². The first-order valence-corrected chi connectivity index (χ1v) is 10.5. The number of halogens is 1. The molecule has 1 amide bonds. The molecule has 3 aromatic rings. The molecule has 0 radical (unpaired) electrons. The molecule has 3 N–H and O–H groups in total. The molecule has 2 aromatic carbocycles. The van der Waals surface area contributed by atoms with Crippen molar-refractivity contribution in [2.75, 3.05) is 20.1 Å². The molecule has 0 aliphatic heterocycles. The van der Waals surface area contributed by atoms with E-state index in [-0.39, 0.29) is 18.1 Å². The molecule has 0 aliphatic rings. The van der Waals surface area contributed by atoms with Gasteiger partial charge in [-0.25, -0.2) is 9.07 Å². The summed E-state index contributed by atoms with van der Waals surface area (Å²) < 4.78 is 14.9. The van der Waals surface area contributed by atoms with Crippen molar-refractivity contribution in [2.45, 2.75) is 26.8 Å². The Bertz CT molecular complexity index is 1070. The number of carbonyl (C=O) groups excluding carboxylic acids is 1. The van der Waals surface area contributed by atoms with Crippen LogP contribution in [-0.4, -0.2) is 41.8 Å². The number of nitrogens with one attached hydrogen (secondary N) is 3. The number of hydrogen-bond acceptors (Lipinski definition) is 3. The van der Waals surface area contributed by atoms with Crippen LogP contribution in [0.1, 0.15) is 22.5 Å². The van der Waals surface area contributed by atoms with E-state index in [1.807, 2.05) is 36.7 Å². The fraction of sp³-hybridized carbons (Fsp3) is 0.292. The Morgan fingerprint density at radius 3 is 2.44 bits per heavy atom. The molecule has 0 atom stereocenters. The van der Waals surface area contributed by atoms with Crippen molar-refractivity contribution in [3.8, 4) is 5.69 Å². The topological polar surface area (TPSA) is 83.3 Å². The lowest BCUT2D eigenvalue weighted by atomic mass is 10.1. The molecular formula is C24H29FN6O. The van der Waals surface area contributed by atoms with E-state index in [4.69, 9.17) is 0 Å². The van der Waals surface area contributed by atoms with Crippen molar-refractivity contribution < 1.29 is 9.18 Å². The number of rotatable bonds is 8. The van der Waals surface area contributed by atoms with Crippen LogP contribution in [0.2, 0.25) is 0 Å². The summed E-state index contributed by atoms with van der Waals surface area (Å²) in [6.45, 7) is 5.56. The van der Waals surface area contributed by atoms with Crippen LogP contribution in [0.5, 0.6) is 0 Å². The van der Waals surface area contributed by atoms with Crippen LogP contribution in [0.4, 0.5) is 4.39 Å². The molecule has 0 spiro atoms. The number of nitrogens with zero attached hydrogens (tertiary/aromatic N) is 3. The Labute approximate surface area is 187 Å². The van der Waals surface area contributed by atoms with Crippen molar-refractivity contribution >= 4 is 11.9 Å². The highest BCUT2D eigenvalue weighted by atomic mass is 19.1. The van der Waals surface area contributed by atoms with Gasteiger partial charge >= 0.3 is 0 Å². The number of amides is 1. The van der Waals surface area contributed by atoms with E-state index in [9.17, 15) is 9.18 Å². The zero-order chi connectivity index (χ0) is 22.9. The molecule has 0 saturated carbocycles. The van der Waals surface area contributed by atoms with E-state index in [1.165, 1.54) is 12.1 Å². The van der Waals surface area contributed by atoms with Crippen LogP contribution < -0.4 is 16.0 Å². The maximum atomic E-state index is 12.9. The van der Waals surface area contributed by atoms with E-state index < -0.39 is 0 Å².